The summed E-state index contributed by atoms with van der Waals surface area (Å²) >= 11 is 0. The fourth-order valence-electron chi connectivity index (χ4n) is 0. The van der Waals surface area contributed by atoms with Crippen LogP contribution in [-0.2, 0) is 0 Å². The highest BCUT2D eigenvalue weighted by molar-refractivity contribution is 7.30. The Labute approximate surface area is 36.0 Å². The Morgan fingerprint density at radius 3 is 1.80 bits per heavy atom. The summed E-state index contributed by atoms with van der Waals surface area (Å²) < 4.78 is 0. The normalized spacial score (nSPS) is 6.80. The number of hydrogen-bond acceptors (Lipinski definition) is 0. The van der Waals surface area contributed by atoms with Gasteiger partial charge in [0.2, 0.25) is 0 Å². The molecule has 0 aliphatic carbocycles. The molecule has 23 valence electrons. The van der Waals surface area contributed by atoms with Gasteiger partial charge in [-0.05, 0) is 0 Å². The summed E-state index contributed by atoms with van der Waals surface area (Å²) in [5.74, 6) is 0. The molecule has 0 bridgehead atoms. The minimum absolute atomic E-state index is 0.537. The zero-order valence-electron chi connectivity index (χ0n) is 3.73. The van der Waals surface area contributed by atoms with Gasteiger partial charge in [-0.3, -0.25) is 0 Å². The molecule has 0 aromatic carbocycles. The van der Waals surface area contributed by atoms with Crippen molar-refractivity contribution in [3.8, 4) is 0 Å². The summed E-state index contributed by atoms with van der Waals surface area (Å²) in [6.07, 6.45) is 0. The zero-order chi connectivity index (χ0) is 4.28. The van der Waals surface area contributed by atoms with Crippen LogP contribution in [0.2, 0.25) is 13.6 Å². The van der Waals surface area contributed by atoms with Crippen molar-refractivity contribution in [2.24, 2.45) is 0 Å². The highest BCUT2D eigenvalue weighted by atomic mass is 13.1. The van der Waals surface area contributed by atoms with Crippen LogP contribution in [0, 0.1) is 0 Å². The minimum atomic E-state index is 0.537. The Morgan fingerprint density at radius 1 is 1.60 bits per heavy atom. The lowest BCUT2D eigenvalue weighted by Crippen LogP contribution is -2.11. The molecule has 5 heavy (non-hydrogen) atoms. The van der Waals surface area contributed by atoms with E-state index in [0.717, 1.165) is 0 Å². The Hall–Kier alpha value is 0.195. The predicted molar refractivity (Wildman–Crippen MR) is 29.0 cm³/mol. The van der Waals surface area contributed by atoms with Gasteiger partial charge in [0.05, 0.1) is 6.60 Å². The van der Waals surface area contributed by atoms with Crippen LogP contribution in [-0.4, -0.2) is 21.4 Å². The van der Waals surface area contributed by atoms with E-state index < -0.39 is 0 Å². The standard InChI is InChI=1S/C2H6B3/c1-5(2)4-3/h1-2H3. The van der Waals surface area contributed by atoms with E-state index in [-0.39, 0.29) is 0 Å². The van der Waals surface area contributed by atoms with Crippen LogP contribution in [0.25, 0.3) is 0 Å². The second-order valence-corrected chi connectivity index (χ2v) is 1.44. The molecule has 0 N–H and O–H groups in total. The lowest BCUT2D eigenvalue weighted by molar-refractivity contribution is 2.10. The molecule has 0 saturated heterocycles. The first-order valence-electron chi connectivity index (χ1n) is 1.82. The third-order valence-electron chi connectivity index (χ3n) is 0.385. The van der Waals surface area contributed by atoms with Crippen molar-refractivity contribution in [3.63, 3.8) is 0 Å². The summed E-state index contributed by atoms with van der Waals surface area (Å²) in [6, 6.07) is 0. The average Bonchev–Trinajstić information content (AvgIpc) is 1.38. The van der Waals surface area contributed by atoms with E-state index in [2.05, 4.69) is 0 Å². The maximum atomic E-state index is 5.05. The molecule has 0 fully saturated rings. The maximum Gasteiger partial charge on any atom is 0.0835 e. The van der Waals surface area contributed by atoms with E-state index in [1.807, 2.05) is 13.6 Å². The topological polar surface area (TPSA) is 0 Å². The van der Waals surface area contributed by atoms with Crippen molar-refractivity contribution >= 4 is 21.4 Å². The van der Waals surface area contributed by atoms with Crippen molar-refractivity contribution in [1.82, 2.24) is 0 Å². The molecule has 0 aliphatic rings. The molecule has 0 amide bonds. The molecule has 0 aliphatic heterocycles. The van der Waals surface area contributed by atoms with E-state index >= 15 is 0 Å². The summed E-state index contributed by atoms with van der Waals surface area (Å²) in [6.45, 7) is 4.62. The first-order valence-corrected chi connectivity index (χ1v) is 1.82. The van der Waals surface area contributed by atoms with Gasteiger partial charge in [0.15, 0.2) is 0 Å². The summed E-state index contributed by atoms with van der Waals surface area (Å²) in [7, 11) is 6.71. The Balaban J connectivity index is 2.54. The summed E-state index contributed by atoms with van der Waals surface area (Å²) in [5.41, 5.74) is 0. The van der Waals surface area contributed by atoms with Gasteiger partial charge in [-0.2, -0.15) is 0 Å². The molecule has 0 atom stereocenters. The number of hydrogen-bond donors (Lipinski definition) is 0. The monoisotopic (exact) mass is 63.1 g/mol. The Bertz CT molecular complexity index is 18.9. The Kier molecular flexibility index (Phi) is 2.53. The SMILES string of the molecule is [B][B]B(C)C. The highest BCUT2D eigenvalue weighted by Crippen LogP contribution is 1.66. The highest BCUT2D eigenvalue weighted by Gasteiger charge is 1.87. The molecular formula is C2H6B3. The molecule has 0 nitrogen and oxygen atoms in total. The third kappa shape index (κ3) is 4.19. The molecule has 3 heteroatoms. The van der Waals surface area contributed by atoms with Crippen molar-refractivity contribution in [3.05, 3.63) is 0 Å². The molecule has 0 aromatic heterocycles. The molecule has 0 spiro atoms. The molecule has 0 aromatic rings. The van der Waals surface area contributed by atoms with Crippen molar-refractivity contribution in [1.29, 1.82) is 0 Å². The van der Waals surface area contributed by atoms with Crippen molar-refractivity contribution < 1.29 is 0 Å². The van der Waals surface area contributed by atoms with Crippen LogP contribution in [0.15, 0.2) is 0 Å². The second-order valence-electron chi connectivity index (χ2n) is 1.44. The molecule has 0 unspecified atom stereocenters. The van der Waals surface area contributed by atoms with Gasteiger partial charge in [0.1, 0.15) is 0 Å². The lowest BCUT2D eigenvalue weighted by Gasteiger charge is -1.83. The van der Waals surface area contributed by atoms with E-state index in [1.165, 1.54) is 0 Å². The van der Waals surface area contributed by atoms with E-state index in [9.17, 15) is 0 Å². The quantitative estimate of drug-likeness (QED) is 0.376. The molecule has 3 radical (unpaired) electrons. The van der Waals surface area contributed by atoms with Crippen LogP contribution in [0.5, 0.6) is 0 Å². The average molecular weight is 62.5 g/mol. The molecular weight excluding hydrogens is 56.5 g/mol. The fraction of sp³-hybridized carbons (Fsp3) is 1.00. The zero-order valence-corrected chi connectivity index (χ0v) is 3.73. The van der Waals surface area contributed by atoms with Crippen molar-refractivity contribution in [2.45, 2.75) is 13.6 Å². The maximum absolute atomic E-state index is 5.05. The molecule has 0 heterocycles. The van der Waals surface area contributed by atoms with Gasteiger partial charge in [0.25, 0.3) is 0 Å². The minimum Gasteiger partial charge on any atom is -0.0937 e. The molecule has 0 rings (SSSR count). The van der Waals surface area contributed by atoms with Gasteiger partial charge < -0.3 is 0 Å². The summed E-state index contributed by atoms with van der Waals surface area (Å²) in [4.78, 5) is 0. The van der Waals surface area contributed by atoms with Crippen molar-refractivity contribution in [2.75, 3.05) is 0 Å². The van der Waals surface area contributed by atoms with Gasteiger partial charge in [0, 0.05) is 14.8 Å². The van der Waals surface area contributed by atoms with Crippen LogP contribution in [0.4, 0.5) is 0 Å². The lowest BCUT2D eigenvalue weighted by atomic mass is 9.16. The largest absolute Gasteiger partial charge is 0.0937 e. The van der Waals surface area contributed by atoms with E-state index in [0.29, 0.717) is 6.60 Å². The van der Waals surface area contributed by atoms with Crippen LogP contribution in [0.3, 0.4) is 0 Å². The van der Waals surface area contributed by atoms with E-state index in [1.54, 1.807) is 7.06 Å². The van der Waals surface area contributed by atoms with Crippen LogP contribution < -0.4 is 0 Å². The van der Waals surface area contributed by atoms with E-state index in [4.69, 9.17) is 7.74 Å². The van der Waals surface area contributed by atoms with Gasteiger partial charge >= 0.3 is 0 Å². The van der Waals surface area contributed by atoms with Crippen LogP contribution in [0.1, 0.15) is 0 Å². The Morgan fingerprint density at radius 2 is 1.80 bits per heavy atom. The third-order valence-corrected chi connectivity index (χ3v) is 0.385. The molecule has 0 saturated carbocycles. The first kappa shape index (κ1) is 5.19. The smallest absolute Gasteiger partial charge is 0.0835 e. The van der Waals surface area contributed by atoms with Gasteiger partial charge in [-0.15, -0.1) is 0 Å². The van der Waals surface area contributed by atoms with Crippen LogP contribution >= 0.6 is 0 Å². The second kappa shape index (κ2) is 2.43. The predicted octanol–water partition coefficient (Wildman–Crippen LogP) is 0.0252. The number of rotatable bonds is 1. The van der Waals surface area contributed by atoms with Gasteiger partial charge in [-0.1, -0.05) is 13.6 Å². The first-order chi connectivity index (χ1) is 2.27. The fourth-order valence-corrected chi connectivity index (χ4v) is 0. The van der Waals surface area contributed by atoms with Gasteiger partial charge in [-0.25, -0.2) is 0 Å². The summed E-state index contributed by atoms with van der Waals surface area (Å²) in [5, 5.41) is 0.